The number of aromatic nitrogens is 3. The highest BCUT2D eigenvalue weighted by molar-refractivity contribution is 5.91. The van der Waals surface area contributed by atoms with Gasteiger partial charge in [0.15, 0.2) is 0 Å². The van der Waals surface area contributed by atoms with E-state index in [4.69, 9.17) is 9.84 Å². The van der Waals surface area contributed by atoms with Crippen molar-refractivity contribution in [3.63, 3.8) is 0 Å². The van der Waals surface area contributed by atoms with Crippen molar-refractivity contribution >= 4 is 11.8 Å². The van der Waals surface area contributed by atoms with E-state index in [0.29, 0.717) is 25.5 Å². The molecule has 2 aromatic heterocycles. The fraction of sp³-hybridized carbons (Fsp3) is 0.276. The Morgan fingerprint density at radius 3 is 2.53 bits per heavy atom. The summed E-state index contributed by atoms with van der Waals surface area (Å²) in [5.74, 6) is 0.0865. The van der Waals surface area contributed by atoms with Crippen molar-refractivity contribution in [2.75, 3.05) is 38.7 Å². The van der Waals surface area contributed by atoms with Crippen molar-refractivity contribution in [2.45, 2.75) is 18.9 Å². The number of nitrogens with zero attached hydrogens (tertiary/aromatic N) is 4. The molecule has 1 aliphatic heterocycles. The van der Waals surface area contributed by atoms with Crippen LogP contribution in [0.1, 0.15) is 17.0 Å². The number of carbonyl (C=O) groups excluding carboxylic acids is 1. The minimum absolute atomic E-state index is 0.110. The van der Waals surface area contributed by atoms with E-state index in [1.165, 1.54) is 12.3 Å². The van der Waals surface area contributed by atoms with Crippen LogP contribution in [-0.4, -0.2) is 65.1 Å². The highest BCUT2D eigenvalue weighted by Gasteiger charge is 2.35. The van der Waals surface area contributed by atoms with E-state index in [-0.39, 0.29) is 18.0 Å². The van der Waals surface area contributed by atoms with Crippen LogP contribution >= 0.6 is 0 Å². The number of pyridine rings is 1. The fourth-order valence-electron chi connectivity index (χ4n) is 4.98. The van der Waals surface area contributed by atoms with Crippen LogP contribution < -0.4 is 10.6 Å². The Morgan fingerprint density at radius 1 is 1.08 bits per heavy atom. The Balaban J connectivity index is 1.41. The first-order valence-corrected chi connectivity index (χ1v) is 12.6. The van der Waals surface area contributed by atoms with Crippen LogP contribution in [0.25, 0.3) is 16.9 Å². The molecular weight excluding hydrogens is 483 g/mol. The topological polar surface area (TPSA) is 84.3 Å². The van der Waals surface area contributed by atoms with Crippen LogP contribution in [0.15, 0.2) is 79.1 Å². The zero-order valence-corrected chi connectivity index (χ0v) is 21.5. The highest BCUT2D eigenvalue weighted by atomic mass is 19.1. The van der Waals surface area contributed by atoms with Crippen molar-refractivity contribution in [3.05, 3.63) is 96.1 Å². The van der Waals surface area contributed by atoms with Crippen molar-refractivity contribution in [1.82, 2.24) is 25.0 Å². The van der Waals surface area contributed by atoms with Crippen LogP contribution in [0.3, 0.4) is 0 Å². The van der Waals surface area contributed by atoms with Gasteiger partial charge in [0, 0.05) is 50.0 Å². The zero-order chi connectivity index (χ0) is 26.5. The first-order valence-electron chi connectivity index (χ1n) is 12.6. The Labute approximate surface area is 221 Å². The second kappa shape index (κ2) is 11.5. The van der Waals surface area contributed by atoms with E-state index in [9.17, 15) is 9.18 Å². The number of halogens is 1. The summed E-state index contributed by atoms with van der Waals surface area (Å²) in [4.78, 5) is 19.7. The minimum Gasteiger partial charge on any atom is -0.383 e. The molecule has 38 heavy (non-hydrogen) atoms. The van der Waals surface area contributed by atoms with Gasteiger partial charge in [-0.25, -0.2) is 13.9 Å². The van der Waals surface area contributed by atoms with Crippen molar-refractivity contribution in [1.29, 1.82) is 0 Å². The van der Waals surface area contributed by atoms with E-state index >= 15 is 0 Å². The van der Waals surface area contributed by atoms with Gasteiger partial charge in [0.2, 0.25) is 0 Å². The summed E-state index contributed by atoms with van der Waals surface area (Å²) in [6.45, 7) is 4.52. The summed E-state index contributed by atoms with van der Waals surface area (Å²) >= 11 is 0. The zero-order valence-electron chi connectivity index (χ0n) is 21.5. The molecule has 0 spiro atoms. The molecule has 0 radical (unpaired) electrons. The van der Waals surface area contributed by atoms with E-state index < -0.39 is 5.82 Å². The third-order valence-corrected chi connectivity index (χ3v) is 6.88. The van der Waals surface area contributed by atoms with Gasteiger partial charge in [0.25, 0.3) is 0 Å². The second-order valence-corrected chi connectivity index (χ2v) is 9.44. The van der Waals surface area contributed by atoms with Gasteiger partial charge in [0.05, 0.1) is 30.2 Å². The second-order valence-electron chi connectivity index (χ2n) is 9.44. The minimum atomic E-state index is -0.392. The Morgan fingerprint density at radius 2 is 1.82 bits per heavy atom. The summed E-state index contributed by atoms with van der Waals surface area (Å²) < 4.78 is 21.0. The number of hydrogen-bond donors (Lipinski definition) is 2. The molecule has 9 heteroatoms. The predicted octanol–water partition coefficient (Wildman–Crippen LogP) is 4.62. The van der Waals surface area contributed by atoms with Gasteiger partial charge in [-0.05, 0) is 30.7 Å². The molecule has 0 saturated carbocycles. The molecule has 1 fully saturated rings. The van der Waals surface area contributed by atoms with Gasteiger partial charge >= 0.3 is 6.03 Å². The SMILES string of the molecule is COCCN1CC(NC(=O)Nc2c(C)c(-c3ccccc3)nn2-c2ccccc2)C(c2cncc(F)c2)C1. The molecule has 3 heterocycles. The summed E-state index contributed by atoms with van der Waals surface area (Å²) in [6.07, 6.45) is 2.86. The third kappa shape index (κ3) is 5.58. The predicted molar refractivity (Wildman–Crippen MR) is 145 cm³/mol. The van der Waals surface area contributed by atoms with Crippen molar-refractivity contribution in [2.24, 2.45) is 0 Å². The average Bonchev–Trinajstić information content (AvgIpc) is 3.49. The molecule has 2 amide bonds. The first kappa shape index (κ1) is 25.6. The van der Waals surface area contributed by atoms with Crippen molar-refractivity contribution < 1.29 is 13.9 Å². The van der Waals surface area contributed by atoms with E-state index in [2.05, 4.69) is 20.5 Å². The van der Waals surface area contributed by atoms with Gasteiger partial charge in [-0.3, -0.25) is 15.2 Å². The molecule has 1 saturated heterocycles. The lowest BCUT2D eigenvalue weighted by molar-refractivity contribution is 0.159. The summed E-state index contributed by atoms with van der Waals surface area (Å²) in [5.41, 5.74) is 4.20. The normalized spacial score (nSPS) is 17.4. The monoisotopic (exact) mass is 514 g/mol. The number of urea groups is 1. The molecule has 0 aliphatic carbocycles. The number of methoxy groups -OCH3 is 1. The maximum absolute atomic E-state index is 14.0. The molecule has 8 nitrogen and oxygen atoms in total. The van der Waals surface area contributed by atoms with Crippen LogP contribution in [-0.2, 0) is 4.74 Å². The van der Waals surface area contributed by atoms with Crippen LogP contribution in [0, 0.1) is 12.7 Å². The van der Waals surface area contributed by atoms with Crippen LogP contribution in [0.4, 0.5) is 15.0 Å². The van der Waals surface area contributed by atoms with Crippen molar-refractivity contribution in [3.8, 4) is 16.9 Å². The van der Waals surface area contributed by atoms with Gasteiger partial charge in [-0.1, -0.05) is 48.5 Å². The Bertz CT molecular complexity index is 1380. The smallest absolute Gasteiger partial charge is 0.320 e. The lowest BCUT2D eigenvalue weighted by atomic mass is 9.96. The molecule has 5 rings (SSSR count). The molecule has 2 aromatic carbocycles. The number of rotatable bonds is 8. The highest BCUT2D eigenvalue weighted by Crippen LogP contribution is 2.31. The molecule has 0 bridgehead atoms. The molecule has 2 atom stereocenters. The maximum atomic E-state index is 14.0. The summed E-state index contributed by atoms with van der Waals surface area (Å²) in [7, 11) is 1.66. The number of anilines is 1. The molecular formula is C29H31FN6O2. The van der Waals surface area contributed by atoms with E-state index in [1.54, 1.807) is 18.0 Å². The lowest BCUT2D eigenvalue weighted by Gasteiger charge is -2.21. The largest absolute Gasteiger partial charge is 0.383 e. The molecule has 4 aromatic rings. The van der Waals surface area contributed by atoms with Gasteiger partial charge < -0.3 is 10.1 Å². The summed E-state index contributed by atoms with van der Waals surface area (Å²) in [6, 6.07) is 20.5. The van der Waals surface area contributed by atoms with E-state index in [0.717, 1.165) is 34.6 Å². The van der Waals surface area contributed by atoms with Gasteiger partial charge in [0.1, 0.15) is 11.6 Å². The third-order valence-electron chi connectivity index (χ3n) is 6.88. The average molecular weight is 515 g/mol. The standard InChI is InChI=1S/C29H31FN6O2/c1-20-27(21-9-5-3-6-10-21)34-36(24-11-7-4-8-12-24)28(20)33-29(37)32-26-19-35(13-14-38-2)18-25(26)22-15-23(30)17-31-16-22/h3-12,15-17,25-26H,13-14,18-19H2,1-2H3,(H2,32,33,37). The van der Waals surface area contributed by atoms with Gasteiger partial charge in [-0.15, -0.1) is 0 Å². The number of para-hydroxylation sites is 1. The van der Waals surface area contributed by atoms with Gasteiger partial charge in [-0.2, -0.15) is 5.10 Å². The number of hydrogen-bond acceptors (Lipinski definition) is 5. The molecule has 196 valence electrons. The Hall–Kier alpha value is -4.08. The molecule has 2 N–H and O–H groups in total. The van der Waals surface area contributed by atoms with Crippen LogP contribution in [0.2, 0.25) is 0 Å². The fourth-order valence-corrected chi connectivity index (χ4v) is 4.98. The van der Waals surface area contributed by atoms with Crippen LogP contribution in [0.5, 0.6) is 0 Å². The summed E-state index contributed by atoms with van der Waals surface area (Å²) in [5, 5.41) is 11.0. The first-order chi connectivity index (χ1) is 18.5. The number of benzene rings is 2. The lowest BCUT2D eigenvalue weighted by Crippen LogP contribution is -2.42. The number of amides is 2. The maximum Gasteiger partial charge on any atom is 0.320 e. The molecule has 1 aliphatic rings. The number of nitrogens with one attached hydrogen (secondary N) is 2. The number of carbonyl (C=O) groups is 1. The quantitative estimate of drug-likeness (QED) is 0.359. The molecule has 2 unspecified atom stereocenters. The number of ether oxygens (including phenoxy) is 1. The van der Waals surface area contributed by atoms with E-state index in [1.807, 2.05) is 67.6 Å². The number of likely N-dealkylation sites (tertiary alicyclic amines) is 1. The Kier molecular flexibility index (Phi) is 7.76.